The number of nitrogens with one attached hydrogen (secondary N) is 1. The SMILES string of the molecule is Cc1cccc(CN(C(=O)CN(c2cc(Cl)c(Cl)cc2Cl)S(C)(=O)=O)[C@H](C)C(=O)NC2CCCCC2)c1. The molecule has 0 spiro atoms. The highest BCUT2D eigenvalue weighted by Gasteiger charge is 2.32. The first-order valence-electron chi connectivity index (χ1n) is 12.1. The highest BCUT2D eigenvalue weighted by atomic mass is 35.5. The summed E-state index contributed by atoms with van der Waals surface area (Å²) in [6.07, 6.45) is 6.05. The maximum atomic E-state index is 13.7. The highest BCUT2D eigenvalue weighted by Crippen LogP contribution is 2.35. The van der Waals surface area contributed by atoms with Crippen LogP contribution in [0.5, 0.6) is 0 Å². The van der Waals surface area contributed by atoms with E-state index in [-0.39, 0.29) is 39.2 Å². The van der Waals surface area contributed by atoms with Crippen molar-refractivity contribution in [2.24, 2.45) is 0 Å². The molecule has 1 saturated carbocycles. The Kier molecular flexibility index (Phi) is 10.1. The minimum atomic E-state index is -3.95. The van der Waals surface area contributed by atoms with Crippen LogP contribution in [0.3, 0.4) is 0 Å². The summed E-state index contributed by atoms with van der Waals surface area (Å²) in [4.78, 5) is 28.3. The van der Waals surface area contributed by atoms with E-state index in [9.17, 15) is 18.0 Å². The smallest absolute Gasteiger partial charge is 0.244 e. The lowest BCUT2D eigenvalue weighted by Crippen LogP contribution is -2.53. The van der Waals surface area contributed by atoms with Gasteiger partial charge in [0.25, 0.3) is 0 Å². The number of hydrogen-bond acceptors (Lipinski definition) is 4. The summed E-state index contributed by atoms with van der Waals surface area (Å²) in [5.74, 6) is -0.827. The van der Waals surface area contributed by atoms with E-state index >= 15 is 0 Å². The van der Waals surface area contributed by atoms with Crippen molar-refractivity contribution >= 4 is 62.3 Å². The van der Waals surface area contributed by atoms with Crippen LogP contribution in [0.2, 0.25) is 15.1 Å². The van der Waals surface area contributed by atoms with Crippen molar-refractivity contribution in [1.29, 1.82) is 0 Å². The van der Waals surface area contributed by atoms with Gasteiger partial charge >= 0.3 is 0 Å². The van der Waals surface area contributed by atoms with Gasteiger partial charge < -0.3 is 10.2 Å². The number of aryl methyl sites for hydroxylation is 1. The molecule has 1 atom stereocenters. The van der Waals surface area contributed by atoms with Gasteiger partial charge in [-0.2, -0.15) is 0 Å². The Balaban J connectivity index is 1.92. The summed E-state index contributed by atoms with van der Waals surface area (Å²) in [5, 5.41) is 3.35. The van der Waals surface area contributed by atoms with Crippen LogP contribution in [0.15, 0.2) is 36.4 Å². The number of amides is 2. The van der Waals surface area contributed by atoms with Crippen LogP contribution < -0.4 is 9.62 Å². The Labute approximate surface area is 234 Å². The van der Waals surface area contributed by atoms with E-state index in [1.165, 1.54) is 17.0 Å². The van der Waals surface area contributed by atoms with E-state index in [1.807, 2.05) is 31.2 Å². The van der Waals surface area contributed by atoms with Gasteiger partial charge in [-0.05, 0) is 44.4 Å². The molecule has 0 saturated heterocycles. The fourth-order valence-electron chi connectivity index (χ4n) is 4.46. The van der Waals surface area contributed by atoms with Crippen LogP contribution in [0.1, 0.15) is 50.2 Å². The van der Waals surface area contributed by atoms with E-state index < -0.39 is 28.5 Å². The molecule has 0 unspecified atom stereocenters. The number of halogens is 3. The third-order valence-electron chi connectivity index (χ3n) is 6.49. The Morgan fingerprint density at radius 1 is 1.03 bits per heavy atom. The molecular formula is C26H32Cl3N3O4S. The Bertz CT molecular complexity index is 1250. The molecule has 1 N–H and O–H groups in total. The zero-order chi connectivity index (χ0) is 27.3. The maximum absolute atomic E-state index is 13.7. The van der Waals surface area contributed by atoms with Crippen LogP contribution in [-0.2, 0) is 26.2 Å². The minimum Gasteiger partial charge on any atom is -0.352 e. The number of nitrogens with zero attached hydrogens (tertiary/aromatic N) is 2. The van der Waals surface area contributed by atoms with Crippen LogP contribution >= 0.6 is 34.8 Å². The molecular weight excluding hydrogens is 557 g/mol. The topological polar surface area (TPSA) is 86.8 Å². The molecule has 0 heterocycles. The summed E-state index contributed by atoms with van der Waals surface area (Å²) in [6, 6.07) is 9.48. The van der Waals surface area contributed by atoms with E-state index in [4.69, 9.17) is 34.8 Å². The standard InChI is InChI=1S/C26H32Cl3N3O4S/c1-17-8-7-9-19(12-17)15-31(18(2)26(34)30-20-10-5-4-6-11-20)25(33)16-32(37(3,35)36)24-14-22(28)21(27)13-23(24)29/h7-9,12-14,18,20H,4-6,10-11,15-16H2,1-3H3,(H,30,34)/t18-/m1/s1. The van der Waals surface area contributed by atoms with Gasteiger partial charge in [0.1, 0.15) is 12.6 Å². The van der Waals surface area contributed by atoms with Gasteiger partial charge in [-0.25, -0.2) is 8.42 Å². The number of carbonyl (C=O) groups excluding carboxylic acids is 2. The second-order valence-corrected chi connectivity index (χ2v) is 12.6. The van der Waals surface area contributed by atoms with Crippen LogP contribution in [-0.4, -0.2) is 50.0 Å². The van der Waals surface area contributed by atoms with Crippen molar-refractivity contribution in [3.8, 4) is 0 Å². The second-order valence-electron chi connectivity index (χ2n) is 9.52. The molecule has 1 fully saturated rings. The van der Waals surface area contributed by atoms with Gasteiger partial charge in [-0.3, -0.25) is 13.9 Å². The predicted molar refractivity (Wildman–Crippen MR) is 150 cm³/mol. The monoisotopic (exact) mass is 587 g/mol. The lowest BCUT2D eigenvalue weighted by atomic mass is 9.95. The van der Waals surface area contributed by atoms with Gasteiger partial charge in [0.05, 0.1) is 27.0 Å². The molecule has 0 radical (unpaired) electrons. The van der Waals surface area contributed by atoms with Crippen molar-refractivity contribution in [3.63, 3.8) is 0 Å². The normalized spacial score (nSPS) is 15.2. The third kappa shape index (κ3) is 7.99. The average Bonchev–Trinajstić information content (AvgIpc) is 2.83. The fraction of sp³-hybridized carbons (Fsp3) is 0.462. The quantitative estimate of drug-likeness (QED) is 0.387. The highest BCUT2D eigenvalue weighted by molar-refractivity contribution is 7.92. The van der Waals surface area contributed by atoms with Crippen LogP contribution in [0.4, 0.5) is 5.69 Å². The molecule has 2 amide bonds. The second kappa shape index (κ2) is 12.7. The fourth-order valence-corrected chi connectivity index (χ4v) is 6.00. The van der Waals surface area contributed by atoms with E-state index in [0.717, 1.165) is 53.8 Å². The van der Waals surface area contributed by atoms with Crippen molar-refractivity contribution in [3.05, 3.63) is 62.6 Å². The predicted octanol–water partition coefficient (Wildman–Crippen LogP) is 5.59. The first-order valence-corrected chi connectivity index (χ1v) is 15.1. The molecule has 2 aromatic carbocycles. The molecule has 0 aliphatic heterocycles. The van der Waals surface area contributed by atoms with Gasteiger partial charge in [0, 0.05) is 12.6 Å². The van der Waals surface area contributed by atoms with E-state index in [0.29, 0.717) is 0 Å². The molecule has 3 rings (SSSR count). The number of rotatable bonds is 9. The zero-order valence-electron chi connectivity index (χ0n) is 21.1. The molecule has 0 aromatic heterocycles. The number of hydrogen-bond donors (Lipinski definition) is 1. The molecule has 11 heteroatoms. The van der Waals surface area contributed by atoms with Gasteiger partial charge in [-0.1, -0.05) is 83.9 Å². The Morgan fingerprint density at radius 2 is 1.68 bits per heavy atom. The Morgan fingerprint density at radius 3 is 2.30 bits per heavy atom. The number of carbonyl (C=O) groups is 2. The number of benzene rings is 2. The van der Waals surface area contributed by atoms with Crippen molar-refractivity contribution in [2.45, 2.75) is 64.6 Å². The number of anilines is 1. The lowest BCUT2D eigenvalue weighted by molar-refractivity contribution is -0.139. The average molecular weight is 589 g/mol. The molecule has 0 bridgehead atoms. The third-order valence-corrected chi connectivity index (χ3v) is 8.64. The van der Waals surface area contributed by atoms with Gasteiger partial charge in [0.15, 0.2) is 0 Å². The summed E-state index contributed by atoms with van der Waals surface area (Å²) in [6.45, 7) is 3.16. The molecule has 37 heavy (non-hydrogen) atoms. The number of sulfonamides is 1. The van der Waals surface area contributed by atoms with Crippen LogP contribution in [0, 0.1) is 6.92 Å². The van der Waals surface area contributed by atoms with Gasteiger partial charge in [-0.15, -0.1) is 0 Å². The van der Waals surface area contributed by atoms with Gasteiger partial charge in [0.2, 0.25) is 21.8 Å². The largest absolute Gasteiger partial charge is 0.352 e. The van der Waals surface area contributed by atoms with Crippen LogP contribution in [0.25, 0.3) is 0 Å². The molecule has 7 nitrogen and oxygen atoms in total. The van der Waals surface area contributed by atoms with Crippen molar-refractivity contribution in [1.82, 2.24) is 10.2 Å². The van der Waals surface area contributed by atoms with E-state index in [2.05, 4.69) is 5.32 Å². The van der Waals surface area contributed by atoms with E-state index in [1.54, 1.807) is 6.92 Å². The summed E-state index contributed by atoms with van der Waals surface area (Å²) in [5.41, 5.74) is 1.86. The molecule has 1 aliphatic rings. The lowest BCUT2D eigenvalue weighted by Gasteiger charge is -2.33. The van der Waals surface area contributed by atoms with Crippen molar-refractivity contribution < 1.29 is 18.0 Å². The molecule has 202 valence electrons. The maximum Gasteiger partial charge on any atom is 0.244 e. The minimum absolute atomic E-state index is 0.0287. The first-order chi connectivity index (χ1) is 17.4. The molecule has 2 aromatic rings. The zero-order valence-corrected chi connectivity index (χ0v) is 24.2. The first kappa shape index (κ1) is 29.6. The van der Waals surface area contributed by atoms with Crippen molar-refractivity contribution in [2.75, 3.05) is 17.1 Å². The summed E-state index contributed by atoms with van der Waals surface area (Å²) in [7, 11) is -3.95. The summed E-state index contributed by atoms with van der Waals surface area (Å²) < 4.78 is 26.4. The molecule has 1 aliphatic carbocycles. The Hall–Kier alpha value is -2.00. The summed E-state index contributed by atoms with van der Waals surface area (Å²) >= 11 is 18.4.